The first kappa shape index (κ1) is 68.0. The van der Waals surface area contributed by atoms with Gasteiger partial charge in [0.1, 0.15) is 0 Å². The van der Waals surface area contributed by atoms with E-state index in [-0.39, 0.29) is 0 Å². The number of aromatic nitrogens is 2. The number of para-hydroxylation sites is 2. The maximum atomic E-state index is 2.44. The third-order valence-corrected chi connectivity index (χ3v) is 24.4. The molecule has 0 bridgehead atoms. The lowest BCUT2D eigenvalue weighted by Gasteiger charge is -2.26. The molecule has 2 aromatic heterocycles. The molecule has 4 nitrogen and oxygen atoms in total. The highest BCUT2D eigenvalue weighted by atomic mass is 15.1. The zero-order valence-corrected chi connectivity index (χ0v) is 64.5. The van der Waals surface area contributed by atoms with Gasteiger partial charge in [0.05, 0.1) is 22.1 Å². The minimum absolute atomic E-state index is 1.06. The molecule has 0 aliphatic rings. The zero-order valence-electron chi connectivity index (χ0n) is 64.5. The average molecular weight is 1500 g/mol. The van der Waals surface area contributed by atoms with Crippen LogP contribution < -0.4 is 9.80 Å². The van der Waals surface area contributed by atoms with Gasteiger partial charge in [-0.25, -0.2) is 0 Å². The molecule has 0 spiro atoms. The molecule has 21 aromatic carbocycles. The molecule has 23 rings (SSSR count). The lowest BCUT2D eigenvalue weighted by Crippen LogP contribution is -2.10. The monoisotopic (exact) mass is 1500 g/mol. The molecule has 0 unspecified atom stereocenters. The Labute approximate surface area is 683 Å². The molecule has 0 radical (unpaired) electrons. The minimum Gasteiger partial charge on any atom is -0.311 e. The fourth-order valence-electron chi connectivity index (χ4n) is 18.7. The first-order valence-electron chi connectivity index (χ1n) is 40.7. The van der Waals surface area contributed by atoms with Gasteiger partial charge in [0.15, 0.2) is 0 Å². The Balaban J connectivity index is 0.575. The quantitative estimate of drug-likeness (QED) is 0.101. The predicted molar refractivity (Wildman–Crippen MR) is 502 cm³/mol. The van der Waals surface area contributed by atoms with Crippen LogP contribution in [0, 0.1) is 0 Å². The highest BCUT2D eigenvalue weighted by molar-refractivity contribution is 6.22. The summed E-state index contributed by atoms with van der Waals surface area (Å²) in [4.78, 5) is 4.75. The van der Waals surface area contributed by atoms with E-state index in [9.17, 15) is 0 Å². The Bertz CT molecular complexity index is 7100. The zero-order chi connectivity index (χ0) is 77.7. The molecule has 0 fully saturated rings. The van der Waals surface area contributed by atoms with E-state index in [0.717, 1.165) is 78.7 Å². The molecule has 0 amide bonds. The smallest absolute Gasteiger partial charge is 0.0541 e. The van der Waals surface area contributed by atoms with Crippen molar-refractivity contribution in [2.45, 2.75) is 0 Å². The van der Waals surface area contributed by atoms with Gasteiger partial charge in [-0.1, -0.05) is 279 Å². The summed E-state index contributed by atoms with van der Waals surface area (Å²) in [5, 5.41) is 19.6. The summed E-state index contributed by atoms with van der Waals surface area (Å²) in [6.07, 6.45) is 0. The Morgan fingerprint density at radius 3 is 0.610 bits per heavy atom. The van der Waals surface area contributed by atoms with Gasteiger partial charge in [-0.2, -0.15) is 0 Å². The summed E-state index contributed by atoms with van der Waals surface area (Å²) in [6, 6.07) is 166. The molecular formula is C114H74N4. The molecule has 0 saturated heterocycles. The molecule has 0 aliphatic carbocycles. The Kier molecular flexibility index (Phi) is 16.2. The maximum Gasteiger partial charge on any atom is 0.0541 e. The maximum absolute atomic E-state index is 2.44. The van der Waals surface area contributed by atoms with Gasteiger partial charge in [-0.05, 0) is 301 Å². The van der Waals surface area contributed by atoms with Crippen molar-refractivity contribution in [1.82, 2.24) is 9.13 Å². The summed E-state index contributed by atoms with van der Waals surface area (Å²) in [7, 11) is 0. The van der Waals surface area contributed by atoms with Crippen LogP contribution in [-0.4, -0.2) is 9.13 Å². The Morgan fingerprint density at radius 1 is 0.136 bits per heavy atom. The normalized spacial score (nSPS) is 11.7. The summed E-state index contributed by atoms with van der Waals surface area (Å²) in [5.74, 6) is 0. The lowest BCUT2D eigenvalue weighted by molar-refractivity contribution is 1.17. The number of fused-ring (bicyclic) bond motifs is 12. The number of rotatable bonds is 14. The molecule has 4 heteroatoms. The van der Waals surface area contributed by atoms with Crippen molar-refractivity contribution >= 4 is 142 Å². The topological polar surface area (TPSA) is 16.3 Å². The van der Waals surface area contributed by atoms with E-state index in [1.165, 1.54) is 142 Å². The van der Waals surface area contributed by atoms with E-state index in [1.54, 1.807) is 0 Å². The summed E-state index contributed by atoms with van der Waals surface area (Å²) < 4.78 is 4.88. The van der Waals surface area contributed by atoms with Crippen LogP contribution in [-0.2, 0) is 0 Å². The predicted octanol–water partition coefficient (Wildman–Crippen LogP) is 31.7. The highest BCUT2D eigenvalue weighted by Crippen LogP contribution is 2.48. The Morgan fingerprint density at radius 2 is 0.339 bits per heavy atom. The molecule has 0 N–H and O–H groups in total. The number of anilines is 6. The molecule has 0 saturated carbocycles. The summed E-state index contributed by atoms with van der Waals surface area (Å²) >= 11 is 0. The SMILES string of the molecule is c1ccc(N(c2ccc(-c3c4ccccc4c(-c4ccc(N(c5ccccc5)c5ccc(-n6c7ccc(-c8ccc9ccccc9c8)cc7c7cc(-c8ccc9ccccc9c8)ccc76)cc5)cc4)c4ccccc34)cc2)c2ccc(-n3c4ccc(-c5ccc6ccccc6c5)cc4c4cc(-c5ccc6ccccc6c5)ccc43)cc2)cc1. The second-order valence-electron chi connectivity index (χ2n) is 31.2. The van der Waals surface area contributed by atoms with Crippen molar-refractivity contribution in [2.75, 3.05) is 9.80 Å². The van der Waals surface area contributed by atoms with Crippen LogP contribution in [0.1, 0.15) is 0 Å². The van der Waals surface area contributed by atoms with Gasteiger partial charge in [0.25, 0.3) is 0 Å². The number of benzene rings is 21. The summed E-state index contributed by atoms with van der Waals surface area (Å²) in [6.45, 7) is 0. The molecule has 23 aromatic rings. The van der Waals surface area contributed by atoms with Gasteiger partial charge in [-0.15, -0.1) is 0 Å². The van der Waals surface area contributed by atoms with Crippen LogP contribution in [0.4, 0.5) is 34.1 Å². The average Bonchev–Trinajstić information content (AvgIpc) is 1.45. The molecule has 2 heterocycles. The molecule has 0 aliphatic heterocycles. The van der Waals surface area contributed by atoms with Crippen LogP contribution in [0.5, 0.6) is 0 Å². The van der Waals surface area contributed by atoms with Crippen molar-refractivity contribution in [3.05, 3.63) is 449 Å². The number of hydrogen-bond acceptors (Lipinski definition) is 2. The lowest BCUT2D eigenvalue weighted by atomic mass is 9.86. The van der Waals surface area contributed by atoms with Crippen LogP contribution in [0.2, 0.25) is 0 Å². The third kappa shape index (κ3) is 11.8. The fraction of sp³-hybridized carbons (Fsp3) is 0. The Hall–Kier alpha value is -15.6. The molecule has 550 valence electrons. The molecule has 0 atom stereocenters. The third-order valence-electron chi connectivity index (χ3n) is 24.4. The van der Waals surface area contributed by atoms with Crippen molar-refractivity contribution in [3.63, 3.8) is 0 Å². The number of nitrogens with zero attached hydrogens (tertiary/aromatic N) is 4. The first-order chi connectivity index (χ1) is 58.5. The highest BCUT2D eigenvalue weighted by Gasteiger charge is 2.24. The van der Waals surface area contributed by atoms with E-state index in [4.69, 9.17) is 0 Å². The van der Waals surface area contributed by atoms with E-state index in [1.807, 2.05) is 0 Å². The van der Waals surface area contributed by atoms with Gasteiger partial charge < -0.3 is 18.9 Å². The van der Waals surface area contributed by atoms with Gasteiger partial charge in [-0.3, -0.25) is 0 Å². The largest absolute Gasteiger partial charge is 0.311 e. The van der Waals surface area contributed by atoms with Crippen LogP contribution in [0.25, 0.3) is 186 Å². The first-order valence-corrected chi connectivity index (χ1v) is 40.7. The van der Waals surface area contributed by atoms with Crippen LogP contribution in [0.3, 0.4) is 0 Å². The van der Waals surface area contributed by atoms with Crippen LogP contribution >= 0.6 is 0 Å². The van der Waals surface area contributed by atoms with E-state index >= 15 is 0 Å². The van der Waals surface area contributed by atoms with E-state index in [2.05, 4.69) is 468 Å². The van der Waals surface area contributed by atoms with Gasteiger partial charge >= 0.3 is 0 Å². The van der Waals surface area contributed by atoms with E-state index < -0.39 is 0 Å². The van der Waals surface area contributed by atoms with Gasteiger partial charge in [0.2, 0.25) is 0 Å². The van der Waals surface area contributed by atoms with Crippen molar-refractivity contribution in [1.29, 1.82) is 0 Å². The molecule has 118 heavy (non-hydrogen) atoms. The van der Waals surface area contributed by atoms with E-state index in [0.29, 0.717) is 0 Å². The van der Waals surface area contributed by atoms with Crippen LogP contribution in [0.15, 0.2) is 449 Å². The number of hydrogen-bond donors (Lipinski definition) is 0. The van der Waals surface area contributed by atoms with Crippen molar-refractivity contribution < 1.29 is 0 Å². The summed E-state index contributed by atoms with van der Waals surface area (Å²) in [5.41, 5.74) is 27.5. The van der Waals surface area contributed by atoms with Crippen molar-refractivity contribution in [3.8, 4) is 78.1 Å². The minimum atomic E-state index is 1.06. The fourth-order valence-corrected chi connectivity index (χ4v) is 18.7. The second kappa shape index (κ2) is 28.2. The second-order valence-corrected chi connectivity index (χ2v) is 31.2. The standard InChI is InChI=1S/C114H74N4/c1-3-27-93(28-4-1)115(97-55-59-99(60-56-97)117-109-63-47-89(85-39-35-75-19-7-11-23-81(75)67-85)71-105(109)106-72-90(48-64-110(106)117)86-40-36-76-20-8-12-24-82(76)68-86)95-51-43-79(44-52-95)113-101-31-15-17-33-103(101)114(104-34-18-16-32-102(104)113)80-45-53-96(54-46-80)116(94-29-5-2-6-30-94)98-57-61-100(62-58-98)118-111-65-49-91(87-41-37-77-21-9-13-25-83(77)69-87)73-107(111)108-74-92(50-66-112(108)118)88-42-38-78-22-10-14-26-84(78)70-88/h1-74H. The van der Waals surface area contributed by atoms with Gasteiger partial charge in [0, 0.05) is 67.0 Å². The molecular weight excluding hydrogens is 1430 g/mol. The van der Waals surface area contributed by atoms with Crippen molar-refractivity contribution in [2.24, 2.45) is 0 Å².